The fourth-order valence-electron chi connectivity index (χ4n) is 2.35. The van der Waals surface area contributed by atoms with Gasteiger partial charge in [-0.1, -0.05) is 12.8 Å². The van der Waals surface area contributed by atoms with Crippen molar-refractivity contribution in [3.63, 3.8) is 0 Å². The largest absolute Gasteiger partial charge is 0.337 e. The van der Waals surface area contributed by atoms with Crippen LogP contribution >= 0.6 is 0 Å². The van der Waals surface area contributed by atoms with E-state index in [9.17, 15) is 9.59 Å². The average Bonchev–Trinajstić information content (AvgIpc) is 3.17. The van der Waals surface area contributed by atoms with Crippen molar-refractivity contribution in [3.8, 4) is 0 Å². The maximum Gasteiger partial charge on any atom is 0.326 e. The summed E-state index contributed by atoms with van der Waals surface area (Å²) in [5.41, 5.74) is 0. The van der Waals surface area contributed by atoms with Gasteiger partial charge in [0.05, 0.1) is 0 Å². The lowest BCUT2D eigenvalue weighted by Gasteiger charge is -2.08. The number of hydrogen-bond acceptors (Lipinski definition) is 4. The third-order valence-corrected chi connectivity index (χ3v) is 3.75. The first-order valence-corrected chi connectivity index (χ1v) is 8.16. The van der Waals surface area contributed by atoms with Crippen molar-refractivity contribution in [1.29, 1.82) is 0 Å². The van der Waals surface area contributed by atoms with Crippen LogP contribution < -0.4 is 10.6 Å². The predicted octanol–water partition coefficient (Wildman–Crippen LogP) is 2.07. The molecule has 2 aromatic rings. The number of aromatic nitrogens is 4. The van der Waals surface area contributed by atoms with Gasteiger partial charge in [-0.05, 0) is 26.7 Å². The highest BCUT2D eigenvalue weighted by atomic mass is 16.2. The van der Waals surface area contributed by atoms with E-state index < -0.39 is 0 Å². The van der Waals surface area contributed by atoms with Crippen LogP contribution in [0.5, 0.6) is 0 Å². The van der Waals surface area contributed by atoms with E-state index in [4.69, 9.17) is 0 Å². The van der Waals surface area contributed by atoms with Gasteiger partial charge in [-0.25, -0.2) is 19.6 Å². The van der Waals surface area contributed by atoms with Crippen LogP contribution in [0.2, 0.25) is 0 Å². The van der Waals surface area contributed by atoms with E-state index in [2.05, 4.69) is 20.6 Å². The van der Waals surface area contributed by atoms with Gasteiger partial charge in [0.2, 0.25) is 0 Å². The molecule has 0 aliphatic carbocycles. The summed E-state index contributed by atoms with van der Waals surface area (Å²) in [6, 6.07) is -0.291. The van der Waals surface area contributed by atoms with E-state index in [1.54, 1.807) is 38.6 Å². The Morgan fingerprint density at radius 2 is 1.25 bits per heavy atom. The van der Waals surface area contributed by atoms with E-state index in [0.717, 1.165) is 25.7 Å². The summed E-state index contributed by atoms with van der Waals surface area (Å²) in [5.74, 6) is 1.35. The summed E-state index contributed by atoms with van der Waals surface area (Å²) in [6.45, 7) is 4.85. The van der Waals surface area contributed by atoms with Crippen LogP contribution in [0.25, 0.3) is 0 Å². The molecule has 8 nitrogen and oxygen atoms in total. The molecule has 0 atom stereocenters. The summed E-state index contributed by atoms with van der Waals surface area (Å²) >= 11 is 0. The summed E-state index contributed by atoms with van der Waals surface area (Å²) < 4.78 is 2.99. The Morgan fingerprint density at radius 1 is 0.833 bits per heavy atom. The zero-order valence-corrected chi connectivity index (χ0v) is 14.2. The number of nitrogens with one attached hydrogen (secondary N) is 2. The summed E-state index contributed by atoms with van der Waals surface area (Å²) in [4.78, 5) is 31.7. The molecule has 0 saturated carbocycles. The van der Waals surface area contributed by atoms with Gasteiger partial charge in [-0.3, -0.25) is 9.13 Å². The molecule has 0 fully saturated rings. The molecular weight excluding hydrogens is 308 g/mol. The second-order valence-corrected chi connectivity index (χ2v) is 5.57. The van der Waals surface area contributed by atoms with Crippen LogP contribution in [0.4, 0.5) is 9.59 Å². The van der Waals surface area contributed by atoms with E-state index >= 15 is 0 Å². The van der Waals surface area contributed by atoms with Gasteiger partial charge in [0, 0.05) is 37.9 Å². The SMILES string of the molecule is Cc1nccn1C(=O)NCCCCCCNC(=O)n1ccnc1C. The van der Waals surface area contributed by atoms with Crippen molar-refractivity contribution in [2.45, 2.75) is 39.5 Å². The number of carbonyl (C=O) groups excluding carboxylic acids is 2. The first kappa shape index (κ1) is 17.7. The second kappa shape index (κ2) is 8.85. The Morgan fingerprint density at radius 3 is 1.58 bits per heavy atom. The molecule has 0 radical (unpaired) electrons. The minimum Gasteiger partial charge on any atom is -0.337 e. The lowest BCUT2D eigenvalue weighted by atomic mass is 10.2. The van der Waals surface area contributed by atoms with Gasteiger partial charge in [0.1, 0.15) is 11.6 Å². The Bertz CT molecular complexity index is 617. The number of rotatable bonds is 7. The van der Waals surface area contributed by atoms with Crippen LogP contribution in [0.1, 0.15) is 37.3 Å². The van der Waals surface area contributed by atoms with Crippen LogP contribution in [0.3, 0.4) is 0 Å². The molecule has 2 amide bonds. The quantitative estimate of drug-likeness (QED) is 0.759. The Labute approximate surface area is 141 Å². The third kappa shape index (κ3) is 4.94. The molecule has 0 unspecified atom stereocenters. The van der Waals surface area contributed by atoms with E-state index in [1.807, 2.05) is 0 Å². The summed E-state index contributed by atoms with van der Waals surface area (Å²) in [6.07, 6.45) is 10.3. The van der Waals surface area contributed by atoms with Gasteiger partial charge >= 0.3 is 12.1 Å². The monoisotopic (exact) mass is 332 g/mol. The number of carbonyl (C=O) groups is 2. The van der Waals surface area contributed by atoms with Gasteiger partial charge in [0.25, 0.3) is 0 Å². The maximum absolute atomic E-state index is 11.8. The van der Waals surface area contributed by atoms with Crippen LogP contribution in [-0.2, 0) is 0 Å². The lowest BCUT2D eigenvalue weighted by Crippen LogP contribution is -2.30. The van der Waals surface area contributed by atoms with Crippen molar-refractivity contribution in [2.24, 2.45) is 0 Å². The molecular formula is C16H24N6O2. The molecule has 130 valence electrons. The molecule has 0 aliphatic heterocycles. The Hall–Kier alpha value is -2.64. The topological polar surface area (TPSA) is 93.8 Å². The minimum absolute atomic E-state index is 0.145. The van der Waals surface area contributed by atoms with E-state index in [-0.39, 0.29) is 12.1 Å². The van der Waals surface area contributed by atoms with Crippen molar-refractivity contribution in [3.05, 3.63) is 36.4 Å². The zero-order valence-electron chi connectivity index (χ0n) is 14.2. The number of imidazole rings is 2. The van der Waals surface area contributed by atoms with Gasteiger partial charge < -0.3 is 10.6 Å². The predicted molar refractivity (Wildman–Crippen MR) is 90.0 cm³/mol. The molecule has 8 heteroatoms. The lowest BCUT2D eigenvalue weighted by molar-refractivity contribution is 0.240. The molecule has 2 heterocycles. The molecule has 2 aromatic heterocycles. The van der Waals surface area contributed by atoms with Crippen molar-refractivity contribution in [2.75, 3.05) is 13.1 Å². The fourth-order valence-corrected chi connectivity index (χ4v) is 2.35. The number of amides is 2. The van der Waals surface area contributed by atoms with E-state index in [0.29, 0.717) is 24.7 Å². The van der Waals surface area contributed by atoms with Crippen molar-refractivity contribution in [1.82, 2.24) is 29.7 Å². The highest BCUT2D eigenvalue weighted by molar-refractivity contribution is 5.77. The van der Waals surface area contributed by atoms with Crippen LogP contribution in [-0.4, -0.2) is 44.3 Å². The summed E-state index contributed by atoms with van der Waals surface area (Å²) in [5, 5.41) is 5.73. The molecule has 24 heavy (non-hydrogen) atoms. The van der Waals surface area contributed by atoms with Crippen molar-refractivity contribution >= 4 is 12.1 Å². The molecule has 0 aromatic carbocycles. The smallest absolute Gasteiger partial charge is 0.326 e. The molecule has 2 N–H and O–H groups in total. The number of aryl methyl sites for hydroxylation is 2. The van der Waals surface area contributed by atoms with Gasteiger partial charge in [-0.2, -0.15) is 0 Å². The molecule has 0 bridgehead atoms. The molecule has 0 saturated heterocycles. The van der Waals surface area contributed by atoms with Crippen LogP contribution in [0.15, 0.2) is 24.8 Å². The zero-order chi connectivity index (χ0) is 17.4. The fraction of sp³-hybridized carbons (Fsp3) is 0.500. The first-order chi connectivity index (χ1) is 11.6. The maximum atomic E-state index is 11.8. The van der Waals surface area contributed by atoms with Gasteiger partial charge in [0.15, 0.2) is 0 Å². The Balaban J connectivity index is 1.50. The van der Waals surface area contributed by atoms with Gasteiger partial charge in [-0.15, -0.1) is 0 Å². The first-order valence-electron chi connectivity index (χ1n) is 8.16. The standard InChI is InChI=1S/C16H24N6O2/c1-13-17-9-11-21(13)15(23)19-7-5-3-4-6-8-20-16(24)22-12-10-18-14(22)2/h9-12H,3-8H2,1-2H3,(H,19,23)(H,20,24). The second-order valence-electron chi connectivity index (χ2n) is 5.57. The number of unbranched alkanes of at least 4 members (excludes halogenated alkanes) is 3. The number of nitrogens with zero attached hydrogens (tertiary/aromatic N) is 4. The van der Waals surface area contributed by atoms with Crippen molar-refractivity contribution < 1.29 is 9.59 Å². The average molecular weight is 332 g/mol. The third-order valence-electron chi connectivity index (χ3n) is 3.75. The molecule has 0 aliphatic rings. The highest BCUT2D eigenvalue weighted by Gasteiger charge is 2.07. The molecule has 2 rings (SSSR count). The van der Waals surface area contributed by atoms with Crippen LogP contribution in [0, 0.1) is 13.8 Å². The number of hydrogen-bond donors (Lipinski definition) is 2. The minimum atomic E-state index is -0.145. The Kier molecular flexibility index (Phi) is 6.53. The molecule has 0 spiro atoms. The highest BCUT2D eigenvalue weighted by Crippen LogP contribution is 2.00. The summed E-state index contributed by atoms with van der Waals surface area (Å²) in [7, 11) is 0. The van der Waals surface area contributed by atoms with E-state index in [1.165, 1.54) is 9.13 Å². The normalized spacial score (nSPS) is 10.6.